The molecule has 2 heterocycles. The highest BCUT2D eigenvalue weighted by Crippen LogP contribution is 2.44. The maximum Gasteiger partial charge on any atom is 0.416 e. The summed E-state index contributed by atoms with van der Waals surface area (Å²) in [4.78, 5) is 0. The Hall–Kier alpha value is -7.09. The Morgan fingerprint density at radius 3 is 1.42 bits per heavy atom. The van der Waals surface area contributed by atoms with E-state index < -0.39 is 11.7 Å². The Balaban J connectivity index is 1.41. The summed E-state index contributed by atoms with van der Waals surface area (Å²) >= 11 is 0. The molecule has 0 amide bonds. The van der Waals surface area contributed by atoms with E-state index in [-0.39, 0.29) is 16.4 Å². The number of rotatable bonds is 4. The number of halogens is 3. The molecule has 0 N–H and O–H groups in total. The van der Waals surface area contributed by atoms with E-state index in [0.29, 0.717) is 16.7 Å². The second-order valence-corrected chi connectivity index (χ2v) is 17.6. The molecule has 0 aliphatic heterocycles. The van der Waals surface area contributed by atoms with Crippen molar-refractivity contribution in [1.82, 2.24) is 9.13 Å². The van der Waals surface area contributed by atoms with Gasteiger partial charge >= 0.3 is 6.18 Å². The Morgan fingerprint density at radius 2 is 0.917 bits per heavy atom. The lowest BCUT2D eigenvalue weighted by Gasteiger charge is -2.21. The Kier molecular flexibility index (Phi) is 8.81. The summed E-state index contributed by atoms with van der Waals surface area (Å²) in [6.45, 7) is 13.2. The Bertz CT molecular complexity index is 3300. The predicted octanol–water partition coefficient (Wildman–Crippen LogP) is 14.6. The summed E-state index contributed by atoms with van der Waals surface area (Å²) in [5.74, 6) is 0. The quantitative estimate of drug-likeness (QED) is 0.178. The third-order valence-electron chi connectivity index (χ3n) is 11.7. The van der Waals surface area contributed by atoms with Gasteiger partial charge in [0.1, 0.15) is 0 Å². The number of aromatic nitrogens is 2. The van der Waals surface area contributed by atoms with Crippen LogP contribution in [-0.4, -0.2) is 9.13 Å². The van der Waals surface area contributed by atoms with Crippen molar-refractivity contribution in [2.45, 2.75) is 58.5 Å². The van der Waals surface area contributed by atoms with Crippen LogP contribution in [-0.2, 0) is 17.0 Å². The van der Waals surface area contributed by atoms with E-state index in [2.05, 4.69) is 117 Å². The minimum atomic E-state index is -4.61. The number of benzene rings is 7. The first kappa shape index (κ1) is 38.4. The smallest absolute Gasteiger partial charge is 0.309 e. The molecule has 294 valence electrons. The van der Waals surface area contributed by atoms with Crippen LogP contribution in [0.4, 0.5) is 13.2 Å². The average Bonchev–Trinajstić information content (AvgIpc) is 3.74. The zero-order valence-electron chi connectivity index (χ0n) is 34.2. The van der Waals surface area contributed by atoms with Crippen LogP contribution in [0.25, 0.3) is 77.2 Å². The van der Waals surface area contributed by atoms with Gasteiger partial charge < -0.3 is 9.13 Å². The summed E-state index contributed by atoms with van der Waals surface area (Å²) in [5.41, 5.74) is 9.72. The molecule has 0 radical (unpaired) electrons. The number of hydrogen-bond donors (Lipinski definition) is 0. The maximum atomic E-state index is 13.9. The number of alkyl halides is 3. The molecule has 0 fully saturated rings. The van der Waals surface area contributed by atoms with Gasteiger partial charge in [-0.15, -0.1) is 0 Å². The van der Waals surface area contributed by atoms with Gasteiger partial charge in [-0.05, 0) is 112 Å². The molecule has 0 unspecified atom stereocenters. The summed E-state index contributed by atoms with van der Waals surface area (Å²) in [7, 11) is 0. The molecule has 0 bridgehead atoms. The van der Waals surface area contributed by atoms with Crippen LogP contribution in [0, 0.1) is 22.7 Å². The zero-order chi connectivity index (χ0) is 42.3. The van der Waals surface area contributed by atoms with Gasteiger partial charge in [-0.25, -0.2) is 0 Å². The van der Waals surface area contributed by atoms with Gasteiger partial charge in [-0.1, -0.05) is 102 Å². The lowest BCUT2D eigenvalue weighted by molar-refractivity contribution is -0.137. The highest BCUT2D eigenvalue weighted by molar-refractivity contribution is 6.12. The summed E-state index contributed by atoms with van der Waals surface area (Å²) < 4.78 is 46.1. The van der Waals surface area contributed by atoms with Crippen LogP contribution in [0.2, 0.25) is 0 Å². The number of nitriles is 2. The molecule has 0 saturated heterocycles. The van der Waals surface area contributed by atoms with E-state index in [9.17, 15) is 23.7 Å². The number of para-hydroxylation sites is 2. The predicted molar refractivity (Wildman–Crippen MR) is 238 cm³/mol. The molecule has 0 atom stereocenters. The van der Waals surface area contributed by atoms with Crippen molar-refractivity contribution < 1.29 is 13.2 Å². The van der Waals surface area contributed by atoms with Crippen molar-refractivity contribution in [3.05, 3.63) is 167 Å². The minimum absolute atomic E-state index is 0.0805. The van der Waals surface area contributed by atoms with Crippen molar-refractivity contribution in [2.24, 2.45) is 0 Å². The first-order valence-electron chi connectivity index (χ1n) is 20.0. The topological polar surface area (TPSA) is 57.4 Å². The van der Waals surface area contributed by atoms with Crippen LogP contribution in [0.1, 0.15) is 69.4 Å². The van der Waals surface area contributed by atoms with Crippen molar-refractivity contribution in [2.75, 3.05) is 0 Å². The molecule has 60 heavy (non-hydrogen) atoms. The molecule has 9 aromatic rings. The second-order valence-electron chi connectivity index (χ2n) is 17.6. The second kappa shape index (κ2) is 13.8. The molecule has 2 aromatic heterocycles. The van der Waals surface area contributed by atoms with E-state index in [1.807, 2.05) is 66.7 Å². The van der Waals surface area contributed by atoms with Crippen molar-refractivity contribution in [3.63, 3.8) is 0 Å². The monoisotopic (exact) mass is 790 g/mol. The van der Waals surface area contributed by atoms with Gasteiger partial charge in [-0.3, -0.25) is 0 Å². The lowest BCUT2D eigenvalue weighted by Crippen LogP contribution is -2.10. The van der Waals surface area contributed by atoms with Gasteiger partial charge in [0.15, 0.2) is 0 Å². The van der Waals surface area contributed by atoms with Crippen LogP contribution in [0.3, 0.4) is 0 Å². The lowest BCUT2D eigenvalue weighted by atomic mass is 9.86. The SMILES string of the molecule is CC(C)(C)c1ccc2c(c1)c1ccccc1n2-c1ccc(C#N)cc1-c1cc(-c2ccc(C(F)(F)F)cc2C#N)ccc1-n1c2ccccc2c2cc(C(C)(C)C)ccc21. The third-order valence-corrected chi connectivity index (χ3v) is 11.7. The third kappa shape index (κ3) is 6.30. The van der Waals surface area contributed by atoms with E-state index >= 15 is 0 Å². The van der Waals surface area contributed by atoms with Gasteiger partial charge in [-0.2, -0.15) is 23.7 Å². The van der Waals surface area contributed by atoms with Crippen molar-refractivity contribution >= 4 is 43.6 Å². The molecule has 4 nitrogen and oxygen atoms in total. The number of nitrogens with zero attached hydrogens (tertiary/aromatic N) is 4. The highest BCUT2D eigenvalue weighted by Gasteiger charge is 2.31. The fourth-order valence-electron chi connectivity index (χ4n) is 8.59. The first-order valence-corrected chi connectivity index (χ1v) is 20.0. The summed E-state index contributed by atoms with van der Waals surface area (Å²) in [5, 5.41) is 25.0. The zero-order valence-corrected chi connectivity index (χ0v) is 34.2. The van der Waals surface area contributed by atoms with Crippen LogP contribution < -0.4 is 0 Å². The molecule has 0 aliphatic carbocycles. The first-order chi connectivity index (χ1) is 28.6. The summed E-state index contributed by atoms with van der Waals surface area (Å²) in [6, 6.07) is 49.0. The average molecular weight is 791 g/mol. The molecule has 7 heteroatoms. The van der Waals surface area contributed by atoms with Crippen LogP contribution in [0.15, 0.2) is 140 Å². The molecule has 0 aliphatic rings. The van der Waals surface area contributed by atoms with Gasteiger partial charge in [0.25, 0.3) is 0 Å². The summed E-state index contributed by atoms with van der Waals surface area (Å²) in [6.07, 6.45) is -4.61. The minimum Gasteiger partial charge on any atom is -0.309 e. The van der Waals surface area contributed by atoms with Crippen molar-refractivity contribution in [3.8, 4) is 45.8 Å². The Morgan fingerprint density at radius 1 is 0.433 bits per heavy atom. The van der Waals surface area contributed by atoms with Crippen LogP contribution >= 0.6 is 0 Å². The maximum absolute atomic E-state index is 13.9. The van der Waals surface area contributed by atoms with Crippen LogP contribution in [0.5, 0.6) is 0 Å². The van der Waals surface area contributed by atoms with E-state index in [4.69, 9.17) is 0 Å². The molecular formula is C53H41F3N4. The van der Waals surface area contributed by atoms with Gasteiger partial charge in [0.2, 0.25) is 0 Å². The molecule has 7 aromatic carbocycles. The number of fused-ring (bicyclic) bond motifs is 6. The van der Waals surface area contributed by atoms with Crippen molar-refractivity contribution in [1.29, 1.82) is 10.5 Å². The fraction of sp³-hybridized carbons (Fsp3) is 0.170. The normalized spacial score (nSPS) is 12.4. The van der Waals surface area contributed by atoms with E-state index in [1.54, 1.807) is 0 Å². The highest BCUT2D eigenvalue weighted by atomic mass is 19.4. The number of hydrogen-bond acceptors (Lipinski definition) is 2. The standard InChI is InChI=1S/C53H41F3N4/c1-51(2,3)35-18-23-49-43(28-35)39-11-7-9-13-45(39)59(49)47-21-15-32(30-57)25-41(47)42-27-33(38-20-17-37(53(54,55)56)26-34(38)31-58)16-22-48(42)60-46-14-10-8-12-40(46)44-29-36(52(4,5)6)19-24-50(44)60/h7-29H,1-6H3. The molecular weight excluding hydrogens is 750 g/mol. The van der Waals surface area contributed by atoms with Gasteiger partial charge in [0, 0.05) is 32.7 Å². The Labute approximate surface area is 347 Å². The fourth-order valence-corrected chi connectivity index (χ4v) is 8.59. The molecule has 0 saturated carbocycles. The molecule has 9 rings (SSSR count). The largest absolute Gasteiger partial charge is 0.416 e. The van der Waals surface area contributed by atoms with E-state index in [0.717, 1.165) is 78.2 Å². The van der Waals surface area contributed by atoms with Gasteiger partial charge in [0.05, 0.1) is 62.3 Å². The van der Waals surface area contributed by atoms with E-state index in [1.165, 1.54) is 17.2 Å². The molecule has 0 spiro atoms.